The van der Waals surface area contributed by atoms with E-state index in [1.807, 2.05) is 0 Å². The Morgan fingerprint density at radius 1 is 1.13 bits per heavy atom. The average Bonchev–Trinajstić information content (AvgIpc) is 2.17. The first kappa shape index (κ1) is 12.8. The fraction of sp³-hybridized carbons (Fsp3) is 1.00. The predicted molar refractivity (Wildman–Crippen MR) is 51.3 cm³/mol. The van der Waals surface area contributed by atoms with Crippen molar-refractivity contribution in [3.05, 3.63) is 0 Å². The molecule has 0 aromatic rings. The molecule has 0 aliphatic heterocycles. The fourth-order valence-corrected chi connectivity index (χ4v) is 2.18. The Kier molecular flexibility index (Phi) is 4.00. The summed E-state index contributed by atoms with van der Waals surface area (Å²) in [4.78, 5) is 0. The minimum absolute atomic E-state index is 0.0334. The Morgan fingerprint density at radius 2 is 1.67 bits per heavy atom. The second-order valence-electron chi connectivity index (χ2n) is 4.44. The van der Waals surface area contributed by atoms with Crippen LogP contribution in [0.25, 0.3) is 0 Å². The summed E-state index contributed by atoms with van der Waals surface area (Å²) in [5.41, 5.74) is 2.35. The van der Waals surface area contributed by atoms with Gasteiger partial charge in [0.25, 0.3) is 0 Å². The zero-order valence-corrected chi connectivity index (χ0v) is 8.69. The summed E-state index contributed by atoms with van der Waals surface area (Å²) in [5, 5.41) is 9.46. The highest BCUT2D eigenvalue weighted by Gasteiger charge is 2.53. The minimum Gasteiger partial charge on any atom is -0.379 e. The quantitative estimate of drug-likeness (QED) is 0.773. The van der Waals surface area contributed by atoms with Gasteiger partial charge in [-0.05, 0) is 12.3 Å². The predicted octanol–water partition coefficient (Wildman–Crippen LogP) is 2.21. The lowest BCUT2D eigenvalue weighted by Crippen LogP contribution is -2.52. The van der Waals surface area contributed by atoms with Gasteiger partial charge in [0, 0.05) is 6.54 Å². The monoisotopic (exact) mass is 225 g/mol. The highest BCUT2D eigenvalue weighted by Crippen LogP contribution is 2.38. The molecule has 3 N–H and O–H groups in total. The summed E-state index contributed by atoms with van der Waals surface area (Å²) in [5.74, 6) is -0.0334. The van der Waals surface area contributed by atoms with Gasteiger partial charge in [-0.1, -0.05) is 32.1 Å². The Bertz CT molecular complexity index is 201. The number of alkyl halides is 3. The summed E-state index contributed by atoms with van der Waals surface area (Å²) >= 11 is 0. The van der Waals surface area contributed by atoms with Crippen LogP contribution in [0.2, 0.25) is 0 Å². The highest BCUT2D eigenvalue weighted by molar-refractivity contribution is 4.90. The summed E-state index contributed by atoms with van der Waals surface area (Å²) in [6.45, 7) is -0.743. The smallest absolute Gasteiger partial charge is 0.379 e. The maximum absolute atomic E-state index is 12.5. The lowest BCUT2D eigenvalue weighted by molar-refractivity contribution is -0.262. The van der Waals surface area contributed by atoms with Gasteiger partial charge < -0.3 is 10.8 Å². The molecule has 1 aliphatic carbocycles. The molecule has 1 aliphatic rings. The van der Waals surface area contributed by atoms with Gasteiger partial charge in [0.15, 0.2) is 5.60 Å². The van der Waals surface area contributed by atoms with Gasteiger partial charge in [-0.15, -0.1) is 0 Å². The number of aliphatic hydroxyl groups is 1. The molecule has 1 fully saturated rings. The molecule has 1 atom stereocenters. The summed E-state index contributed by atoms with van der Waals surface area (Å²) in [6, 6.07) is 0. The summed E-state index contributed by atoms with van der Waals surface area (Å²) in [7, 11) is 0. The lowest BCUT2D eigenvalue weighted by Gasteiger charge is -2.34. The van der Waals surface area contributed by atoms with Crippen molar-refractivity contribution in [1.82, 2.24) is 0 Å². The highest BCUT2D eigenvalue weighted by atomic mass is 19.4. The van der Waals surface area contributed by atoms with Gasteiger partial charge in [0.1, 0.15) is 0 Å². The Morgan fingerprint density at radius 3 is 2.07 bits per heavy atom. The molecule has 0 bridgehead atoms. The Labute approximate surface area is 87.6 Å². The van der Waals surface area contributed by atoms with Crippen molar-refractivity contribution in [3.63, 3.8) is 0 Å². The van der Waals surface area contributed by atoms with Crippen molar-refractivity contribution in [2.24, 2.45) is 11.7 Å². The molecule has 0 radical (unpaired) electrons. The van der Waals surface area contributed by atoms with Gasteiger partial charge in [0.2, 0.25) is 0 Å². The number of halogens is 3. The van der Waals surface area contributed by atoms with Crippen LogP contribution in [0.15, 0.2) is 0 Å². The third-order valence-corrected chi connectivity index (χ3v) is 3.22. The van der Waals surface area contributed by atoms with Crippen LogP contribution in [0.1, 0.15) is 38.5 Å². The van der Waals surface area contributed by atoms with E-state index in [9.17, 15) is 18.3 Å². The molecule has 1 rings (SSSR count). The van der Waals surface area contributed by atoms with Crippen LogP contribution in [0.3, 0.4) is 0 Å². The normalized spacial score (nSPS) is 23.8. The molecule has 0 heterocycles. The summed E-state index contributed by atoms with van der Waals surface area (Å²) < 4.78 is 37.6. The number of nitrogens with two attached hydrogens (primary N) is 1. The van der Waals surface area contributed by atoms with Gasteiger partial charge in [0.05, 0.1) is 0 Å². The molecule has 1 unspecified atom stereocenters. The number of hydrogen-bond donors (Lipinski definition) is 2. The average molecular weight is 225 g/mol. The van der Waals surface area contributed by atoms with E-state index >= 15 is 0 Å². The third kappa shape index (κ3) is 3.08. The van der Waals surface area contributed by atoms with Crippen LogP contribution in [-0.4, -0.2) is 23.4 Å². The van der Waals surface area contributed by atoms with E-state index in [1.165, 1.54) is 0 Å². The van der Waals surface area contributed by atoms with Crippen molar-refractivity contribution in [3.8, 4) is 0 Å². The second-order valence-corrected chi connectivity index (χ2v) is 4.44. The van der Waals surface area contributed by atoms with Gasteiger partial charge in [-0.25, -0.2) is 0 Å². The molecule has 5 heteroatoms. The zero-order valence-electron chi connectivity index (χ0n) is 8.69. The van der Waals surface area contributed by atoms with Crippen molar-refractivity contribution >= 4 is 0 Å². The lowest BCUT2D eigenvalue weighted by atomic mass is 9.80. The number of hydrogen-bond acceptors (Lipinski definition) is 2. The van der Waals surface area contributed by atoms with Crippen molar-refractivity contribution in [2.75, 3.05) is 6.54 Å². The van der Waals surface area contributed by atoms with Crippen LogP contribution in [0.5, 0.6) is 0 Å². The van der Waals surface area contributed by atoms with Crippen molar-refractivity contribution < 1.29 is 18.3 Å². The SMILES string of the molecule is NCC(O)(CC1CCCCC1)C(F)(F)F. The van der Waals surface area contributed by atoms with Gasteiger partial charge in [-0.2, -0.15) is 13.2 Å². The molecule has 0 aromatic carbocycles. The molecule has 0 spiro atoms. The van der Waals surface area contributed by atoms with Crippen molar-refractivity contribution in [2.45, 2.75) is 50.3 Å². The first-order valence-electron chi connectivity index (χ1n) is 5.38. The molecule has 0 saturated heterocycles. The summed E-state index contributed by atoms with van der Waals surface area (Å²) in [6.07, 6.45) is -0.293. The Hall–Kier alpha value is -0.290. The van der Waals surface area contributed by atoms with Crippen LogP contribution >= 0.6 is 0 Å². The first-order valence-corrected chi connectivity index (χ1v) is 5.38. The van der Waals surface area contributed by atoms with E-state index in [0.29, 0.717) is 0 Å². The van der Waals surface area contributed by atoms with Crippen LogP contribution in [0.4, 0.5) is 13.2 Å². The van der Waals surface area contributed by atoms with Crippen LogP contribution in [0, 0.1) is 5.92 Å². The molecule has 1 saturated carbocycles. The minimum atomic E-state index is -4.61. The second kappa shape index (κ2) is 4.70. The van der Waals surface area contributed by atoms with Gasteiger partial charge >= 0.3 is 6.18 Å². The molecule has 0 amide bonds. The largest absolute Gasteiger partial charge is 0.418 e. The van der Waals surface area contributed by atoms with Gasteiger partial charge in [-0.3, -0.25) is 0 Å². The molecular formula is C10H18F3NO. The molecular weight excluding hydrogens is 207 g/mol. The number of rotatable bonds is 3. The molecule has 0 aromatic heterocycles. The van der Waals surface area contributed by atoms with E-state index in [-0.39, 0.29) is 12.3 Å². The van der Waals surface area contributed by atoms with E-state index in [2.05, 4.69) is 0 Å². The maximum Gasteiger partial charge on any atom is 0.418 e. The third-order valence-electron chi connectivity index (χ3n) is 3.22. The van der Waals surface area contributed by atoms with Crippen LogP contribution < -0.4 is 5.73 Å². The van der Waals surface area contributed by atoms with E-state index in [4.69, 9.17) is 5.73 Å². The van der Waals surface area contributed by atoms with E-state index in [0.717, 1.165) is 32.1 Å². The van der Waals surface area contributed by atoms with E-state index in [1.54, 1.807) is 0 Å². The van der Waals surface area contributed by atoms with Crippen LogP contribution in [-0.2, 0) is 0 Å². The topological polar surface area (TPSA) is 46.2 Å². The van der Waals surface area contributed by atoms with E-state index < -0.39 is 18.3 Å². The molecule has 90 valence electrons. The Balaban J connectivity index is 2.58. The maximum atomic E-state index is 12.5. The standard InChI is InChI=1S/C10H18F3NO/c11-10(12,13)9(15,7-14)6-8-4-2-1-3-5-8/h8,15H,1-7,14H2. The first-order chi connectivity index (χ1) is 6.89. The molecule has 15 heavy (non-hydrogen) atoms. The fourth-order valence-electron chi connectivity index (χ4n) is 2.18. The van der Waals surface area contributed by atoms with Crippen molar-refractivity contribution in [1.29, 1.82) is 0 Å². The zero-order chi connectivity index (χ0) is 11.5. The molecule has 2 nitrogen and oxygen atoms in total.